The van der Waals surface area contributed by atoms with Crippen LogP contribution in [0.3, 0.4) is 0 Å². The van der Waals surface area contributed by atoms with Gasteiger partial charge in [-0.05, 0) is 36.6 Å². The zero-order valence-electron chi connectivity index (χ0n) is 15.7. The van der Waals surface area contributed by atoms with Crippen molar-refractivity contribution in [1.29, 1.82) is 0 Å². The van der Waals surface area contributed by atoms with Crippen molar-refractivity contribution < 1.29 is 9.59 Å². The zero-order valence-corrected chi connectivity index (χ0v) is 15.7. The number of benzene rings is 3. The topological polar surface area (TPSA) is 46.2 Å². The number of aryl methyl sites for hydroxylation is 2. The van der Waals surface area contributed by atoms with Gasteiger partial charge in [0.2, 0.25) is 5.91 Å². The maximum absolute atomic E-state index is 12.4. The van der Waals surface area contributed by atoms with Crippen LogP contribution < -0.4 is 5.32 Å². The van der Waals surface area contributed by atoms with Crippen LogP contribution in [0.2, 0.25) is 0 Å². The van der Waals surface area contributed by atoms with Gasteiger partial charge < -0.3 is 5.32 Å². The second kappa shape index (κ2) is 8.45. The van der Waals surface area contributed by atoms with Gasteiger partial charge in [-0.1, -0.05) is 72.3 Å². The first-order chi connectivity index (χ1) is 13.0. The van der Waals surface area contributed by atoms with Gasteiger partial charge in [0.25, 0.3) is 0 Å². The zero-order chi connectivity index (χ0) is 19.2. The van der Waals surface area contributed by atoms with Crippen molar-refractivity contribution in [3.63, 3.8) is 0 Å². The first-order valence-electron chi connectivity index (χ1n) is 9.09. The summed E-state index contributed by atoms with van der Waals surface area (Å²) < 4.78 is 0. The summed E-state index contributed by atoms with van der Waals surface area (Å²) in [6.07, 6.45) is 0.369. The fraction of sp³-hybridized carbons (Fsp3) is 0.167. The van der Waals surface area contributed by atoms with E-state index in [1.807, 2.05) is 86.6 Å². The van der Waals surface area contributed by atoms with Crippen LogP contribution in [0.5, 0.6) is 0 Å². The van der Waals surface area contributed by atoms with Crippen molar-refractivity contribution in [3.05, 3.63) is 89.5 Å². The van der Waals surface area contributed by atoms with Crippen LogP contribution in [0.15, 0.2) is 72.8 Å². The van der Waals surface area contributed by atoms with E-state index in [0.717, 1.165) is 27.9 Å². The third kappa shape index (κ3) is 4.91. The number of ketones is 1. The smallest absolute Gasteiger partial charge is 0.224 e. The highest BCUT2D eigenvalue weighted by Gasteiger charge is 2.11. The highest BCUT2D eigenvalue weighted by Crippen LogP contribution is 2.20. The van der Waals surface area contributed by atoms with E-state index in [-0.39, 0.29) is 24.5 Å². The van der Waals surface area contributed by atoms with E-state index in [4.69, 9.17) is 0 Å². The lowest BCUT2D eigenvalue weighted by Crippen LogP contribution is -2.14. The summed E-state index contributed by atoms with van der Waals surface area (Å²) in [4.78, 5) is 24.5. The second-order valence-corrected chi connectivity index (χ2v) is 6.73. The van der Waals surface area contributed by atoms with E-state index in [0.29, 0.717) is 5.56 Å². The minimum Gasteiger partial charge on any atom is -0.326 e. The molecule has 3 heteroatoms. The molecule has 0 unspecified atom stereocenters. The molecule has 0 aromatic heterocycles. The summed E-state index contributed by atoms with van der Waals surface area (Å²) >= 11 is 0. The number of anilines is 1. The molecular weight excluding hydrogens is 334 g/mol. The van der Waals surface area contributed by atoms with Gasteiger partial charge in [-0.3, -0.25) is 9.59 Å². The highest BCUT2D eigenvalue weighted by atomic mass is 16.2. The quantitative estimate of drug-likeness (QED) is 0.586. The number of carbonyl (C=O) groups excluding carboxylic acids is 2. The molecule has 1 N–H and O–H groups in total. The van der Waals surface area contributed by atoms with Crippen molar-refractivity contribution in [2.24, 2.45) is 0 Å². The van der Waals surface area contributed by atoms with E-state index < -0.39 is 0 Å². The molecule has 0 aliphatic heterocycles. The normalized spacial score (nSPS) is 10.4. The van der Waals surface area contributed by atoms with E-state index in [2.05, 4.69) is 5.32 Å². The van der Waals surface area contributed by atoms with Crippen molar-refractivity contribution in [2.45, 2.75) is 26.7 Å². The number of rotatable bonds is 6. The van der Waals surface area contributed by atoms with E-state index in [9.17, 15) is 9.59 Å². The van der Waals surface area contributed by atoms with Crippen molar-refractivity contribution in [3.8, 4) is 11.1 Å². The molecule has 0 bridgehead atoms. The van der Waals surface area contributed by atoms with E-state index >= 15 is 0 Å². The maximum atomic E-state index is 12.4. The molecule has 0 heterocycles. The lowest BCUT2D eigenvalue weighted by atomic mass is 10.0. The molecule has 1 amide bonds. The van der Waals surface area contributed by atoms with Crippen LogP contribution in [-0.4, -0.2) is 11.7 Å². The summed E-state index contributed by atoms with van der Waals surface area (Å²) in [7, 11) is 0. The number of nitrogens with one attached hydrogen (secondary N) is 1. The van der Waals surface area contributed by atoms with Crippen LogP contribution >= 0.6 is 0 Å². The van der Waals surface area contributed by atoms with E-state index in [1.165, 1.54) is 0 Å². The van der Waals surface area contributed by atoms with Crippen molar-refractivity contribution in [1.82, 2.24) is 0 Å². The molecule has 0 saturated carbocycles. The summed E-state index contributed by atoms with van der Waals surface area (Å²) in [5.74, 6) is -0.165. The summed E-state index contributed by atoms with van der Waals surface area (Å²) in [5, 5.41) is 2.88. The third-order valence-corrected chi connectivity index (χ3v) is 4.55. The standard InChI is InChI=1S/C24H23NO2/c1-17-8-13-22(18(2)16-17)25-24(27)15-14-23(26)21-11-9-20(10-12-21)19-6-4-3-5-7-19/h3-13,16H,14-15H2,1-2H3,(H,25,27). The predicted octanol–water partition coefficient (Wildman–Crippen LogP) is 5.57. The van der Waals surface area contributed by atoms with Gasteiger partial charge in [-0.25, -0.2) is 0 Å². The molecule has 0 fully saturated rings. The lowest BCUT2D eigenvalue weighted by Gasteiger charge is -2.09. The average Bonchev–Trinajstić information content (AvgIpc) is 2.69. The number of hydrogen-bond donors (Lipinski definition) is 1. The Morgan fingerprint density at radius 1 is 0.778 bits per heavy atom. The molecule has 3 aromatic rings. The van der Waals surface area contributed by atoms with Gasteiger partial charge in [0.15, 0.2) is 5.78 Å². The Hall–Kier alpha value is -3.20. The Morgan fingerprint density at radius 3 is 2.11 bits per heavy atom. The average molecular weight is 357 g/mol. The minimum atomic E-state index is -0.142. The molecule has 3 rings (SSSR count). The van der Waals surface area contributed by atoms with Crippen LogP contribution in [0.25, 0.3) is 11.1 Å². The second-order valence-electron chi connectivity index (χ2n) is 6.73. The Morgan fingerprint density at radius 2 is 1.44 bits per heavy atom. The van der Waals surface area contributed by atoms with Crippen LogP contribution in [0.1, 0.15) is 34.3 Å². The molecule has 3 aromatic carbocycles. The van der Waals surface area contributed by atoms with Gasteiger partial charge >= 0.3 is 0 Å². The van der Waals surface area contributed by atoms with E-state index in [1.54, 1.807) is 0 Å². The molecule has 136 valence electrons. The Labute approximate surface area is 160 Å². The van der Waals surface area contributed by atoms with Gasteiger partial charge in [0.05, 0.1) is 0 Å². The molecule has 0 aliphatic rings. The number of amides is 1. The lowest BCUT2D eigenvalue weighted by molar-refractivity contribution is -0.116. The van der Waals surface area contributed by atoms with Crippen molar-refractivity contribution >= 4 is 17.4 Å². The molecule has 0 saturated heterocycles. The molecule has 27 heavy (non-hydrogen) atoms. The largest absolute Gasteiger partial charge is 0.326 e. The van der Waals surface area contributed by atoms with Gasteiger partial charge in [0.1, 0.15) is 0 Å². The highest BCUT2D eigenvalue weighted by molar-refractivity contribution is 6.00. The SMILES string of the molecule is Cc1ccc(NC(=O)CCC(=O)c2ccc(-c3ccccc3)cc2)c(C)c1. The number of hydrogen-bond acceptors (Lipinski definition) is 2. The summed E-state index contributed by atoms with van der Waals surface area (Å²) in [6, 6.07) is 23.4. The van der Waals surface area contributed by atoms with Crippen LogP contribution in [0, 0.1) is 13.8 Å². The Balaban J connectivity index is 1.56. The van der Waals surface area contributed by atoms with Gasteiger partial charge in [-0.2, -0.15) is 0 Å². The van der Waals surface area contributed by atoms with Crippen molar-refractivity contribution in [2.75, 3.05) is 5.32 Å². The Bertz CT molecular complexity index is 944. The third-order valence-electron chi connectivity index (χ3n) is 4.55. The molecule has 3 nitrogen and oxygen atoms in total. The van der Waals surface area contributed by atoms with Gasteiger partial charge in [0, 0.05) is 24.1 Å². The Kier molecular flexibility index (Phi) is 5.82. The molecule has 0 aliphatic carbocycles. The molecule has 0 radical (unpaired) electrons. The summed E-state index contributed by atoms with van der Waals surface area (Å²) in [6.45, 7) is 3.97. The minimum absolute atomic E-state index is 0.0228. The van der Waals surface area contributed by atoms with Crippen LogP contribution in [-0.2, 0) is 4.79 Å². The monoisotopic (exact) mass is 357 g/mol. The maximum Gasteiger partial charge on any atom is 0.224 e. The first kappa shape index (κ1) is 18.6. The number of Topliss-reactive ketones (excluding diaryl/α,β-unsaturated/α-hetero) is 1. The summed E-state index contributed by atoms with van der Waals surface area (Å²) in [5.41, 5.74) is 5.79. The first-order valence-corrected chi connectivity index (χ1v) is 9.09. The molecule has 0 spiro atoms. The fourth-order valence-corrected chi connectivity index (χ4v) is 3.02. The predicted molar refractivity (Wildman–Crippen MR) is 110 cm³/mol. The molecular formula is C24H23NO2. The van der Waals surface area contributed by atoms with Crippen LogP contribution in [0.4, 0.5) is 5.69 Å². The molecule has 0 atom stereocenters. The van der Waals surface area contributed by atoms with Gasteiger partial charge in [-0.15, -0.1) is 0 Å². The fourth-order valence-electron chi connectivity index (χ4n) is 3.02. The number of carbonyl (C=O) groups is 2.